The van der Waals surface area contributed by atoms with E-state index in [0.717, 1.165) is 5.56 Å². The van der Waals surface area contributed by atoms with Crippen LogP contribution in [-0.4, -0.2) is 27.5 Å². The Morgan fingerprint density at radius 2 is 1.86 bits per heavy atom. The predicted octanol–water partition coefficient (Wildman–Crippen LogP) is 2.87. The van der Waals surface area contributed by atoms with Gasteiger partial charge in [-0.2, -0.15) is 0 Å². The molecule has 3 N–H and O–H groups in total. The maximum absolute atomic E-state index is 10.6. The molecule has 0 saturated heterocycles. The van der Waals surface area contributed by atoms with Gasteiger partial charge in [0.15, 0.2) is 0 Å². The number of hydrogen-bond acceptors (Lipinski definition) is 4. The molecule has 0 unspecified atom stereocenters. The Morgan fingerprint density at radius 1 is 1.10 bits per heavy atom. The zero-order valence-corrected chi connectivity index (χ0v) is 11.2. The first-order valence-corrected chi connectivity index (χ1v) is 6.42. The highest BCUT2D eigenvalue weighted by atomic mass is 16.4. The van der Waals surface area contributed by atoms with Gasteiger partial charge in [0.1, 0.15) is 17.2 Å². The fraction of sp³-hybridized carbons (Fsp3) is 0.125. The molecular formula is C16H15NO4. The van der Waals surface area contributed by atoms with E-state index in [-0.39, 0.29) is 17.9 Å². The van der Waals surface area contributed by atoms with Gasteiger partial charge in [0.2, 0.25) is 0 Å². The highest BCUT2D eigenvalue weighted by molar-refractivity contribution is 5.86. The molecule has 0 radical (unpaired) electrons. The average molecular weight is 285 g/mol. The number of aromatic hydroxyl groups is 2. The number of rotatable bonds is 5. The predicted molar refractivity (Wildman–Crippen MR) is 79.4 cm³/mol. The normalized spacial score (nSPS) is 10.9. The van der Waals surface area contributed by atoms with E-state index in [1.165, 1.54) is 18.3 Å². The standard InChI is InChI=1S/C16H15NO4/c18-14-7-5-11(6-8-16(20)21)9-12(14)10-17-13-3-1-2-4-15(13)19/h1-5,7,9-10,18-19H,6,8H2,(H,20,21)/b17-10+. The van der Waals surface area contributed by atoms with Crippen molar-refractivity contribution in [1.82, 2.24) is 0 Å². The van der Waals surface area contributed by atoms with Crippen LogP contribution < -0.4 is 0 Å². The molecule has 108 valence electrons. The molecule has 0 aromatic heterocycles. The van der Waals surface area contributed by atoms with Crippen LogP contribution in [0.4, 0.5) is 5.69 Å². The molecule has 0 spiro atoms. The third-order valence-corrected chi connectivity index (χ3v) is 2.94. The molecule has 2 aromatic carbocycles. The Kier molecular flexibility index (Phi) is 4.56. The number of hydrogen-bond donors (Lipinski definition) is 3. The van der Waals surface area contributed by atoms with Crippen LogP contribution in [0.5, 0.6) is 11.5 Å². The first-order valence-electron chi connectivity index (χ1n) is 6.42. The van der Waals surface area contributed by atoms with E-state index in [1.54, 1.807) is 30.3 Å². The highest BCUT2D eigenvalue weighted by Gasteiger charge is 2.04. The topological polar surface area (TPSA) is 90.1 Å². The van der Waals surface area contributed by atoms with Gasteiger partial charge in [-0.15, -0.1) is 0 Å². The van der Waals surface area contributed by atoms with Crippen molar-refractivity contribution in [2.24, 2.45) is 4.99 Å². The summed E-state index contributed by atoms with van der Waals surface area (Å²) in [6, 6.07) is 11.5. The number of carboxylic acids is 1. The molecule has 0 heterocycles. The molecule has 0 aliphatic rings. The number of aliphatic imine (C=N–C) groups is 1. The summed E-state index contributed by atoms with van der Waals surface area (Å²) in [6.07, 6.45) is 1.85. The molecule has 5 nitrogen and oxygen atoms in total. The van der Waals surface area contributed by atoms with E-state index in [0.29, 0.717) is 17.7 Å². The molecule has 0 bridgehead atoms. The molecule has 0 fully saturated rings. The Labute approximate surface area is 121 Å². The minimum absolute atomic E-state index is 0.0286. The SMILES string of the molecule is O=C(O)CCc1ccc(O)c(/C=N/c2ccccc2O)c1. The van der Waals surface area contributed by atoms with E-state index in [2.05, 4.69) is 4.99 Å². The van der Waals surface area contributed by atoms with Crippen molar-refractivity contribution in [1.29, 1.82) is 0 Å². The van der Waals surface area contributed by atoms with Gasteiger partial charge in [-0.3, -0.25) is 9.79 Å². The third kappa shape index (κ3) is 4.07. The van der Waals surface area contributed by atoms with Crippen molar-refractivity contribution < 1.29 is 20.1 Å². The molecular weight excluding hydrogens is 270 g/mol. The van der Waals surface area contributed by atoms with E-state index >= 15 is 0 Å². The second kappa shape index (κ2) is 6.56. The summed E-state index contributed by atoms with van der Waals surface area (Å²) in [7, 11) is 0. The lowest BCUT2D eigenvalue weighted by Gasteiger charge is -2.04. The molecule has 0 saturated carbocycles. The maximum Gasteiger partial charge on any atom is 0.303 e. The van der Waals surface area contributed by atoms with Crippen molar-refractivity contribution >= 4 is 17.9 Å². The van der Waals surface area contributed by atoms with Gasteiger partial charge in [-0.05, 0) is 36.2 Å². The van der Waals surface area contributed by atoms with Crippen molar-refractivity contribution in [3.63, 3.8) is 0 Å². The molecule has 21 heavy (non-hydrogen) atoms. The number of aliphatic carboxylic acids is 1. The molecule has 0 aliphatic carbocycles. The average Bonchev–Trinajstić information content (AvgIpc) is 2.46. The fourth-order valence-electron chi connectivity index (χ4n) is 1.83. The molecule has 0 atom stereocenters. The van der Waals surface area contributed by atoms with E-state index in [1.807, 2.05) is 0 Å². The van der Waals surface area contributed by atoms with Gasteiger partial charge in [0.05, 0.1) is 0 Å². The number of para-hydroxylation sites is 2. The first kappa shape index (κ1) is 14.6. The summed E-state index contributed by atoms with van der Waals surface area (Å²) in [5.74, 6) is -0.768. The lowest BCUT2D eigenvalue weighted by molar-refractivity contribution is -0.136. The number of nitrogens with zero attached hydrogens (tertiary/aromatic N) is 1. The molecule has 5 heteroatoms. The number of aryl methyl sites for hydroxylation is 1. The van der Waals surface area contributed by atoms with Gasteiger partial charge >= 0.3 is 5.97 Å². The van der Waals surface area contributed by atoms with Gasteiger partial charge < -0.3 is 15.3 Å². The van der Waals surface area contributed by atoms with Crippen LogP contribution in [0.2, 0.25) is 0 Å². The van der Waals surface area contributed by atoms with E-state index in [4.69, 9.17) is 5.11 Å². The zero-order valence-electron chi connectivity index (χ0n) is 11.2. The van der Waals surface area contributed by atoms with Crippen molar-refractivity contribution in [3.8, 4) is 11.5 Å². The first-order chi connectivity index (χ1) is 10.1. The Morgan fingerprint density at radius 3 is 2.57 bits per heavy atom. The van der Waals surface area contributed by atoms with Crippen molar-refractivity contribution in [2.45, 2.75) is 12.8 Å². The number of phenolic OH excluding ortho intramolecular Hbond substituents is 2. The molecule has 2 aromatic rings. The highest BCUT2D eigenvalue weighted by Crippen LogP contribution is 2.25. The summed E-state index contributed by atoms with van der Waals surface area (Å²) in [4.78, 5) is 14.7. The van der Waals surface area contributed by atoms with E-state index < -0.39 is 5.97 Å². The molecule has 0 amide bonds. The monoisotopic (exact) mass is 285 g/mol. The minimum Gasteiger partial charge on any atom is -0.507 e. The Hall–Kier alpha value is -2.82. The number of carboxylic acid groups (broad SMARTS) is 1. The molecule has 2 rings (SSSR count). The van der Waals surface area contributed by atoms with E-state index in [9.17, 15) is 15.0 Å². The summed E-state index contributed by atoms with van der Waals surface area (Å²) in [6.45, 7) is 0. The van der Waals surface area contributed by atoms with Gasteiger partial charge in [0.25, 0.3) is 0 Å². The minimum atomic E-state index is -0.868. The van der Waals surface area contributed by atoms with Crippen molar-refractivity contribution in [3.05, 3.63) is 53.6 Å². The van der Waals surface area contributed by atoms with Crippen LogP contribution in [0.3, 0.4) is 0 Å². The number of benzene rings is 2. The second-order valence-corrected chi connectivity index (χ2v) is 4.53. The van der Waals surface area contributed by atoms with Crippen LogP contribution in [0.25, 0.3) is 0 Å². The number of carbonyl (C=O) groups is 1. The summed E-state index contributed by atoms with van der Waals surface area (Å²) < 4.78 is 0. The van der Waals surface area contributed by atoms with Gasteiger partial charge in [-0.1, -0.05) is 18.2 Å². The third-order valence-electron chi connectivity index (χ3n) is 2.94. The smallest absolute Gasteiger partial charge is 0.303 e. The Bertz CT molecular complexity index is 680. The van der Waals surface area contributed by atoms with Gasteiger partial charge in [-0.25, -0.2) is 0 Å². The Balaban J connectivity index is 2.21. The number of phenols is 2. The second-order valence-electron chi connectivity index (χ2n) is 4.53. The summed E-state index contributed by atoms with van der Waals surface area (Å²) in [5.41, 5.74) is 1.67. The zero-order chi connectivity index (χ0) is 15.2. The lowest BCUT2D eigenvalue weighted by Crippen LogP contribution is -1.98. The van der Waals surface area contributed by atoms with Crippen LogP contribution >= 0.6 is 0 Å². The van der Waals surface area contributed by atoms with Gasteiger partial charge in [0, 0.05) is 18.2 Å². The fourth-order valence-corrected chi connectivity index (χ4v) is 1.83. The van der Waals surface area contributed by atoms with Crippen LogP contribution in [0.15, 0.2) is 47.5 Å². The van der Waals surface area contributed by atoms with Crippen LogP contribution in [0.1, 0.15) is 17.5 Å². The molecule has 0 aliphatic heterocycles. The van der Waals surface area contributed by atoms with Crippen LogP contribution in [0, 0.1) is 0 Å². The summed E-state index contributed by atoms with van der Waals surface area (Å²) >= 11 is 0. The van der Waals surface area contributed by atoms with Crippen LogP contribution in [-0.2, 0) is 11.2 Å². The largest absolute Gasteiger partial charge is 0.507 e. The lowest BCUT2D eigenvalue weighted by atomic mass is 10.1. The quantitative estimate of drug-likeness (QED) is 0.737. The maximum atomic E-state index is 10.6. The van der Waals surface area contributed by atoms with Crippen molar-refractivity contribution in [2.75, 3.05) is 0 Å². The summed E-state index contributed by atoms with van der Waals surface area (Å²) in [5, 5.41) is 28.1.